The third-order valence-corrected chi connectivity index (χ3v) is 5.31. The van der Waals surface area contributed by atoms with E-state index in [-0.39, 0.29) is 38.2 Å². The van der Waals surface area contributed by atoms with Crippen LogP contribution in [-0.2, 0) is 31.3 Å². The van der Waals surface area contributed by atoms with Crippen LogP contribution in [0.2, 0.25) is 0 Å². The van der Waals surface area contributed by atoms with Crippen molar-refractivity contribution in [3.8, 4) is 24.2 Å². The maximum absolute atomic E-state index is 12.9. The summed E-state index contributed by atoms with van der Waals surface area (Å²) < 4.78 is 93.9. The van der Waals surface area contributed by atoms with E-state index in [1.54, 1.807) is 7.11 Å². The Bertz CT molecular complexity index is 1310. The molecule has 0 aromatic heterocycles. The van der Waals surface area contributed by atoms with Gasteiger partial charge < -0.3 is 30.4 Å². The fraction of sp³-hybridized carbons (Fsp3) is 0.308. The highest BCUT2D eigenvalue weighted by Crippen LogP contribution is 2.36. The van der Waals surface area contributed by atoms with E-state index in [0.29, 0.717) is 12.7 Å². The summed E-state index contributed by atoms with van der Waals surface area (Å²) in [6.45, 7) is 0.384. The lowest BCUT2D eigenvalue weighted by Gasteiger charge is -2.12. The number of hydrogen-bond acceptors (Lipinski definition) is 8. The van der Waals surface area contributed by atoms with E-state index in [1.165, 1.54) is 29.7 Å². The summed E-state index contributed by atoms with van der Waals surface area (Å²) in [6.07, 6.45) is -4.35. The van der Waals surface area contributed by atoms with E-state index < -0.39 is 35.4 Å². The van der Waals surface area contributed by atoms with E-state index in [4.69, 9.17) is 17.9 Å². The van der Waals surface area contributed by atoms with Gasteiger partial charge >= 0.3 is 24.3 Å². The zero-order valence-electron chi connectivity index (χ0n) is 22.1. The van der Waals surface area contributed by atoms with E-state index in [2.05, 4.69) is 36.7 Å². The van der Waals surface area contributed by atoms with Gasteiger partial charge in [-0.3, -0.25) is 0 Å². The van der Waals surface area contributed by atoms with Crippen molar-refractivity contribution in [1.82, 2.24) is 0 Å². The quantitative estimate of drug-likeness (QED) is 0.150. The van der Waals surface area contributed by atoms with Gasteiger partial charge in [0, 0.05) is 34.7 Å². The number of ether oxygens (including phenoxy) is 4. The zero-order valence-corrected chi connectivity index (χ0v) is 24.2. The number of benzene rings is 2. The molecule has 0 saturated heterocycles. The van der Waals surface area contributed by atoms with Crippen molar-refractivity contribution in [2.24, 2.45) is 0 Å². The molecule has 0 heterocycles. The molecule has 0 unspecified atom stereocenters. The van der Waals surface area contributed by atoms with Crippen molar-refractivity contribution in [3.63, 3.8) is 0 Å². The molecule has 2 aromatic carbocycles. The first kappa shape index (κ1) is 37.3. The van der Waals surface area contributed by atoms with Gasteiger partial charge in [0.1, 0.15) is 13.2 Å². The molecule has 8 nitrogen and oxygen atoms in total. The van der Waals surface area contributed by atoms with E-state index in [0.717, 1.165) is 32.4 Å². The Kier molecular flexibility index (Phi) is 15.7. The SMILES string of the molecule is C#CCOC.COC(=O)c1cc(I)c(C(F)(F)F)cc1N.COCC#Cc1cc(C(=O)OC)c(N)cc1C(F)(F)F. The van der Waals surface area contributed by atoms with Gasteiger partial charge in [0.05, 0.1) is 36.5 Å². The van der Waals surface area contributed by atoms with Gasteiger partial charge in [0.25, 0.3) is 0 Å². The Morgan fingerprint density at radius 2 is 1.24 bits per heavy atom. The summed E-state index contributed by atoms with van der Waals surface area (Å²) in [7, 11) is 5.17. The van der Waals surface area contributed by atoms with Crippen molar-refractivity contribution in [3.05, 3.63) is 55.7 Å². The molecule has 0 atom stereocenters. The van der Waals surface area contributed by atoms with E-state index in [1.807, 2.05) is 0 Å². The topological polar surface area (TPSA) is 123 Å². The first-order valence-electron chi connectivity index (χ1n) is 10.7. The number of halogens is 7. The number of methoxy groups -OCH3 is 4. The van der Waals surface area contributed by atoms with Crippen LogP contribution in [0.15, 0.2) is 24.3 Å². The van der Waals surface area contributed by atoms with Gasteiger partial charge in [-0.1, -0.05) is 17.8 Å². The Balaban J connectivity index is 0.000000681. The molecule has 0 aliphatic heterocycles. The van der Waals surface area contributed by atoms with Crippen LogP contribution >= 0.6 is 22.6 Å². The van der Waals surface area contributed by atoms with Crippen molar-refractivity contribution < 1.29 is 54.9 Å². The highest BCUT2D eigenvalue weighted by molar-refractivity contribution is 14.1. The maximum Gasteiger partial charge on any atom is 0.417 e. The molecule has 0 saturated carbocycles. The Labute approximate surface area is 245 Å². The summed E-state index contributed by atoms with van der Waals surface area (Å²) in [5.74, 6) is 5.42. The number of anilines is 2. The number of esters is 2. The lowest BCUT2D eigenvalue weighted by molar-refractivity contribution is -0.138. The molecule has 41 heavy (non-hydrogen) atoms. The number of rotatable bonds is 4. The number of nitrogen functional groups attached to an aromatic ring is 2. The predicted octanol–water partition coefficient (Wildman–Crippen LogP) is 5.02. The molecular weight excluding hydrogens is 677 g/mol. The van der Waals surface area contributed by atoms with Crippen LogP contribution in [-0.4, -0.2) is 53.6 Å². The summed E-state index contributed by atoms with van der Waals surface area (Å²) in [5.41, 5.74) is 7.77. The smallest absolute Gasteiger partial charge is 0.417 e. The molecule has 0 aliphatic rings. The van der Waals surface area contributed by atoms with Crippen LogP contribution in [0, 0.1) is 27.8 Å². The molecule has 0 aliphatic carbocycles. The predicted molar refractivity (Wildman–Crippen MR) is 147 cm³/mol. The average Bonchev–Trinajstić information content (AvgIpc) is 2.89. The number of nitrogens with two attached hydrogens (primary N) is 2. The number of carbonyl (C=O) groups excluding carboxylic acids is 2. The van der Waals surface area contributed by atoms with Crippen LogP contribution in [0.5, 0.6) is 0 Å². The standard InChI is InChI=1S/C13H12F3NO3.C9H7F3INO2.C4H6O/c1-19-5-3-4-8-6-9(12(18)20-2)11(17)7-10(8)13(14,15)16;1-16-8(15)4-2-6(13)5(3-7(4)14)9(10,11)12;1-3-4-5-2/h6-7H,5,17H2,1-2H3;2-3H,14H2,1H3;1H,4H2,2H3. The molecule has 15 heteroatoms. The molecule has 2 rings (SSSR count). The van der Waals surface area contributed by atoms with Gasteiger partial charge in [-0.2, -0.15) is 26.3 Å². The first-order valence-corrected chi connectivity index (χ1v) is 11.8. The highest BCUT2D eigenvalue weighted by Gasteiger charge is 2.35. The van der Waals surface area contributed by atoms with Gasteiger partial charge in [0.15, 0.2) is 0 Å². The Morgan fingerprint density at radius 3 is 1.61 bits per heavy atom. The van der Waals surface area contributed by atoms with Crippen molar-refractivity contribution >= 4 is 45.9 Å². The molecule has 4 N–H and O–H groups in total. The fourth-order valence-electron chi connectivity index (χ4n) is 2.62. The molecular formula is C26H25F6IN2O6. The van der Waals surface area contributed by atoms with Crippen LogP contribution in [0.25, 0.3) is 0 Å². The van der Waals surface area contributed by atoms with Gasteiger partial charge in [-0.25, -0.2) is 9.59 Å². The molecule has 224 valence electrons. The van der Waals surface area contributed by atoms with Gasteiger partial charge in [-0.05, 0) is 46.9 Å². The molecule has 0 radical (unpaired) electrons. The number of hydrogen-bond donors (Lipinski definition) is 2. The third-order valence-electron chi connectivity index (χ3n) is 4.42. The lowest BCUT2D eigenvalue weighted by atomic mass is 10.0. The first-order chi connectivity index (χ1) is 19.0. The second kappa shape index (κ2) is 17.2. The minimum absolute atomic E-state index is 0.0325. The zero-order chi connectivity index (χ0) is 32.0. The number of carbonyl (C=O) groups is 2. The minimum atomic E-state index is -4.63. The Morgan fingerprint density at radius 1 is 0.805 bits per heavy atom. The van der Waals surface area contributed by atoms with Crippen LogP contribution in [0.1, 0.15) is 37.4 Å². The van der Waals surface area contributed by atoms with Crippen molar-refractivity contribution in [1.29, 1.82) is 0 Å². The largest absolute Gasteiger partial charge is 0.465 e. The van der Waals surface area contributed by atoms with Gasteiger partial charge in [-0.15, -0.1) is 6.42 Å². The van der Waals surface area contributed by atoms with Crippen LogP contribution in [0.3, 0.4) is 0 Å². The van der Waals surface area contributed by atoms with E-state index in [9.17, 15) is 35.9 Å². The minimum Gasteiger partial charge on any atom is -0.465 e. The number of alkyl halides is 6. The highest BCUT2D eigenvalue weighted by atomic mass is 127. The third kappa shape index (κ3) is 12.2. The summed E-state index contributed by atoms with van der Waals surface area (Å²) >= 11 is 1.49. The van der Waals surface area contributed by atoms with E-state index >= 15 is 0 Å². The molecule has 0 bridgehead atoms. The molecule has 0 fully saturated rings. The lowest BCUT2D eigenvalue weighted by Crippen LogP contribution is -2.13. The van der Waals surface area contributed by atoms with Crippen LogP contribution < -0.4 is 11.5 Å². The molecule has 0 spiro atoms. The summed E-state index contributed by atoms with van der Waals surface area (Å²) in [6, 6.07) is 3.42. The summed E-state index contributed by atoms with van der Waals surface area (Å²) in [4.78, 5) is 22.6. The van der Waals surface area contributed by atoms with Crippen LogP contribution in [0.4, 0.5) is 37.7 Å². The monoisotopic (exact) mass is 702 g/mol. The molecule has 2 aromatic rings. The maximum atomic E-state index is 12.9. The normalized spacial score (nSPS) is 10.4. The Hall–Kier alpha value is -3.67. The average molecular weight is 702 g/mol. The van der Waals surface area contributed by atoms with Crippen molar-refractivity contribution in [2.45, 2.75) is 12.4 Å². The fourth-order valence-corrected chi connectivity index (χ4v) is 3.39. The summed E-state index contributed by atoms with van der Waals surface area (Å²) in [5, 5.41) is 0. The van der Waals surface area contributed by atoms with Gasteiger partial charge in [0.2, 0.25) is 0 Å². The van der Waals surface area contributed by atoms with Crippen molar-refractivity contribution in [2.75, 3.05) is 53.1 Å². The molecule has 0 amide bonds. The second-order valence-electron chi connectivity index (χ2n) is 7.25. The second-order valence-corrected chi connectivity index (χ2v) is 8.42. The number of terminal acetylenes is 1.